The first kappa shape index (κ1) is 24.6. The Morgan fingerprint density at radius 2 is 1.81 bits per heavy atom. The molecule has 2 aromatic carbocycles. The van der Waals surface area contributed by atoms with E-state index in [9.17, 15) is 8.42 Å². The van der Waals surface area contributed by atoms with Crippen molar-refractivity contribution in [3.05, 3.63) is 59.3 Å². The molecule has 3 aliphatic rings. The van der Waals surface area contributed by atoms with Crippen LogP contribution in [0.3, 0.4) is 0 Å². The van der Waals surface area contributed by atoms with E-state index < -0.39 is 10.0 Å². The minimum atomic E-state index is -3.58. The normalized spacial score (nSPS) is 23.1. The highest BCUT2D eigenvalue weighted by Crippen LogP contribution is 2.39. The highest BCUT2D eigenvalue weighted by atomic mass is 32.2. The predicted molar refractivity (Wildman–Crippen MR) is 145 cm³/mol. The van der Waals surface area contributed by atoms with Gasteiger partial charge in [0.1, 0.15) is 11.6 Å². The van der Waals surface area contributed by atoms with Crippen LogP contribution in [0, 0.1) is 25.7 Å². The zero-order valence-corrected chi connectivity index (χ0v) is 22.4. The van der Waals surface area contributed by atoms with Crippen molar-refractivity contribution >= 4 is 26.6 Å². The number of aromatic nitrogens is 1. The molecule has 196 valence electrons. The number of anilines is 1. The van der Waals surface area contributed by atoms with Crippen molar-refractivity contribution in [1.82, 2.24) is 9.29 Å². The van der Waals surface area contributed by atoms with Crippen molar-refractivity contribution in [3.63, 3.8) is 0 Å². The number of nitrogens with zero attached hydrogens (tertiary/aromatic N) is 2. The molecule has 1 unspecified atom stereocenters. The van der Waals surface area contributed by atoms with Gasteiger partial charge in [0.2, 0.25) is 10.0 Å². The summed E-state index contributed by atoms with van der Waals surface area (Å²) in [5, 5.41) is 5.39. The average molecular weight is 522 g/mol. The van der Waals surface area contributed by atoms with Gasteiger partial charge in [0, 0.05) is 49.9 Å². The average Bonchev–Trinajstić information content (AvgIpc) is 3.46. The number of benzene rings is 2. The van der Waals surface area contributed by atoms with Gasteiger partial charge in [0.25, 0.3) is 0 Å². The molecule has 2 atom stereocenters. The third-order valence-electron chi connectivity index (χ3n) is 8.55. The van der Waals surface area contributed by atoms with Crippen LogP contribution in [0.1, 0.15) is 48.4 Å². The molecule has 0 spiro atoms. The standard InChI is InChI=1S/C29H35N3O4S/c1-19-3-6-25-27(11-16-36-28(25)20(19)2)31-29-26-17-24(5-4-22(26)7-12-30-29)37(33,34)32-13-8-21(9-14-32)23-10-15-35-18-23/h3-7,12,17,21,23,27H,8-11,13-16,18H2,1-2H3,(H,30,31)/t23?,27-/m0/s1. The summed E-state index contributed by atoms with van der Waals surface area (Å²) < 4.78 is 40.5. The molecule has 3 aromatic rings. The molecule has 0 amide bonds. The Bertz CT molecular complexity index is 1410. The molecule has 0 saturated carbocycles. The molecule has 37 heavy (non-hydrogen) atoms. The van der Waals surface area contributed by atoms with Crippen LogP contribution in [0.2, 0.25) is 0 Å². The van der Waals surface area contributed by atoms with Gasteiger partial charge >= 0.3 is 0 Å². The summed E-state index contributed by atoms with van der Waals surface area (Å²) in [4.78, 5) is 4.96. The van der Waals surface area contributed by atoms with E-state index in [1.807, 2.05) is 12.1 Å². The number of nitrogens with one attached hydrogen (secondary N) is 1. The molecule has 1 aromatic heterocycles. The van der Waals surface area contributed by atoms with Crippen LogP contribution in [0.4, 0.5) is 5.82 Å². The van der Waals surface area contributed by atoms with Crippen molar-refractivity contribution in [2.75, 3.05) is 38.2 Å². The Hall–Kier alpha value is -2.68. The number of piperidine rings is 1. The Balaban J connectivity index is 1.26. The monoisotopic (exact) mass is 521 g/mol. The molecule has 2 fully saturated rings. The number of fused-ring (bicyclic) bond motifs is 2. The van der Waals surface area contributed by atoms with Crippen LogP contribution in [0.5, 0.6) is 5.75 Å². The maximum absolute atomic E-state index is 13.6. The van der Waals surface area contributed by atoms with Crippen LogP contribution >= 0.6 is 0 Å². The van der Waals surface area contributed by atoms with Crippen molar-refractivity contribution < 1.29 is 17.9 Å². The molecule has 8 heteroatoms. The summed E-state index contributed by atoms with van der Waals surface area (Å²) >= 11 is 0. The van der Waals surface area contributed by atoms with Crippen molar-refractivity contribution in [1.29, 1.82) is 0 Å². The van der Waals surface area contributed by atoms with E-state index in [1.165, 1.54) is 5.56 Å². The van der Waals surface area contributed by atoms with Gasteiger partial charge in [-0.1, -0.05) is 18.2 Å². The van der Waals surface area contributed by atoms with Gasteiger partial charge in [-0.25, -0.2) is 13.4 Å². The van der Waals surface area contributed by atoms with Crippen LogP contribution in [-0.2, 0) is 14.8 Å². The summed E-state index contributed by atoms with van der Waals surface area (Å²) in [5.41, 5.74) is 3.48. The molecule has 7 nitrogen and oxygen atoms in total. The number of hydrogen-bond donors (Lipinski definition) is 1. The molecule has 0 radical (unpaired) electrons. The second kappa shape index (κ2) is 9.89. The SMILES string of the molecule is Cc1ccc2c(c1C)OCC[C@@H]2Nc1nccc2ccc(S(=O)(=O)N3CCC(C4CCOC4)CC3)cc12. The molecule has 1 N–H and O–H groups in total. The zero-order valence-electron chi connectivity index (χ0n) is 21.6. The maximum atomic E-state index is 13.6. The lowest BCUT2D eigenvalue weighted by molar-refractivity contribution is 0.151. The molecule has 3 aliphatic heterocycles. The molecule has 0 bridgehead atoms. The van der Waals surface area contributed by atoms with E-state index in [1.54, 1.807) is 22.6 Å². The maximum Gasteiger partial charge on any atom is 0.243 e. The fraction of sp³-hybridized carbons (Fsp3) is 0.483. The highest BCUT2D eigenvalue weighted by molar-refractivity contribution is 7.89. The van der Waals surface area contributed by atoms with Crippen LogP contribution in [0.25, 0.3) is 10.8 Å². The first-order chi connectivity index (χ1) is 17.9. The lowest BCUT2D eigenvalue weighted by Crippen LogP contribution is -2.40. The lowest BCUT2D eigenvalue weighted by atomic mass is 9.84. The van der Waals surface area contributed by atoms with E-state index in [0.29, 0.717) is 42.2 Å². The Morgan fingerprint density at radius 1 is 0.973 bits per heavy atom. The second-order valence-electron chi connectivity index (χ2n) is 10.7. The van der Waals surface area contributed by atoms with Crippen molar-refractivity contribution in [3.8, 4) is 5.75 Å². The first-order valence-electron chi connectivity index (χ1n) is 13.4. The second-order valence-corrected chi connectivity index (χ2v) is 12.6. The number of pyridine rings is 1. The van der Waals surface area contributed by atoms with E-state index in [0.717, 1.165) is 66.5 Å². The number of rotatable bonds is 5. The van der Waals surface area contributed by atoms with Gasteiger partial charge in [-0.05, 0) is 79.7 Å². The van der Waals surface area contributed by atoms with Crippen LogP contribution < -0.4 is 10.1 Å². The van der Waals surface area contributed by atoms with E-state index in [-0.39, 0.29) is 6.04 Å². The fourth-order valence-corrected chi connectivity index (χ4v) is 7.61. The topological polar surface area (TPSA) is 80.8 Å². The predicted octanol–water partition coefficient (Wildman–Crippen LogP) is 5.22. The molecule has 2 saturated heterocycles. The number of sulfonamides is 1. The highest BCUT2D eigenvalue weighted by Gasteiger charge is 2.34. The smallest absolute Gasteiger partial charge is 0.243 e. The molecule has 0 aliphatic carbocycles. The van der Waals surface area contributed by atoms with E-state index >= 15 is 0 Å². The van der Waals surface area contributed by atoms with Crippen molar-refractivity contribution in [2.24, 2.45) is 11.8 Å². The quantitative estimate of drug-likeness (QED) is 0.496. The van der Waals surface area contributed by atoms with Gasteiger partial charge in [0.15, 0.2) is 0 Å². The van der Waals surface area contributed by atoms with E-state index in [4.69, 9.17) is 9.47 Å². The number of hydrogen-bond acceptors (Lipinski definition) is 6. The van der Waals surface area contributed by atoms with Gasteiger partial charge in [-0.2, -0.15) is 4.31 Å². The van der Waals surface area contributed by atoms with Gasteiger partial charge in [-0.15, -0.1) is 0 Å². The van der Waals surface area contributed by atoms with Crippen molar-refractivity contribution in [2.45, 2.75) is 50.5 Å². The minimum Gasteiger partial charge on any atom is -0.493 e. The number of ether oxygens (including phenoxy) is 2. The lowest BCUT2D eigenvalue weighted by Gasteiger charge is -2.33. The summed E-state index contributed by atoms with van der Waals surface area (Å²) in [5.74, 6) is 2.78. The summed E-state index contributed by atoms with van der Waals surface area (Å²) in [6.07, 6.45) is 5.49. The summed E-state index contributed by atoms with van der Waals surface area (Å²) in [6.45, 7) is 7.60. The molecule has 4 heterocycles. The van der Waals surface area contributed by atoms with Crippen LogP contribution in [0.15, 0.2) is 47.5 Å². The molecular formula is C29H35N3O4S. The third-order valence-corrected chi connectivity index (χ3v) is 10.4. The van der Waals surface area contributed by atoms with Gasteiger partial charge in [0.05, 0.1) is 17.5 Å². The Labute approximate surface area is 219 Å². The first-order valence-corrected chi connectivity index (χ1v) is 14.8. The Morgan fingerprint density at radius 3 is 2.59 bits per heavy atom. The minimum absolute atomic E-state index is 0.0417. The zero-order chi connectivity index (χ0) is 25.6. The largest absolute Gasteiger partial charge is 0.493 e. The number of aryl methyl sites for hydroxylation is 1. The molecular weight excluding hydrogens is 486 g/mol. The van der Waals surface area contributed by atoms with Gasteiger partial charge < -0.3 is 14.8 Å². The van der Waals surface area contributed by atoms with Crippen LogP contribution in [-0.4, -0.2) is 50.6 Å². The summed E-state index contributed by atoms with van der Waals surface area (Å²) in [7, 11) is -3.58. The van der Waals surface area contributed by atoms with Gasteiger partial charge in [-0.3, -0.25) is 0 Å². The summed E-state index contributed by atoms with van der Waals surface area (Å²) in [6, 6.07) is 11.6. The Kier molecular flexibility index (Phi) is 6.59. The molecule has 6 rings (SSSR count). The van der Waals surface area contributed by atoms with E-state index in [2.05, 4.69) is 36.3 Å². The third kappa shape index (κ3) is 4.60. The fourth-order valence-electron chi connectivity index (χ4n) is 6.11.